The van der Waals surface area contributed by atoms with Gasteiger partial charge in [-0.25, -0.2) is 4.98 Å². The fourth-order valence-electron chi connectivity index (χ4n) is 2.11. The number of hydrogen-bond donors (Lipinski definition) is 1. The predicted octanol–water partition coefficient (Wildman–Crippen LogP) is 2.42. The average Bonchev–Trinajstić information content (AvgIpc) is 2.29. The second-order valence-corrected chi connectivity index (χ2v) is 4.15. The van der Waals surface area contributed by atoms with Gasteiger partial charge >= 0.3 is 0 Å². The molecule has 82 valence electrons. The number of anilines is 2. The molecule has 0 radical (unpaired) electrons. The molecule has 1 N–H and O–H groups in total. The van der Waals surface area contributed by atoms with Crippen LogP contribution in [-0.4, -0.2) is 25.1 Å². The van der Waals surface area contributed by atoms with Crippen LogP contribution in [0.15, 0.2) is 12.1 Å². The Kier molecular flexibility index (Phi) is 3.09. The monoisotopic (exact) mass is 205 g/mol. The molecule has 0 amide bonds. The molecule has 1 fully saturated rings. The fraction of sp³-hybridized carbons (Fsp3) is 0.583. The van der Waals surface area contributed by atoms with Gasteiger partial charge in [0.25, 0.3) is 0 Å². The molecule has 1 aliphatic heterocycles. The van der Waals surface area contributed by atoms with Crippen LogP contribution >= 0.6 is 0 Å². The van der Waals surface area contributed by atoms with Gasteiger partial charge in [-0.1, -0.05) is 0 Å². The van der Waals surface area contributed by atoms with Gasteiger partial charge in [0.1, 0.15) is 5.82 Å². The molecule has 1 aromatic heterocycles. The highest BCUT2D eigenvalue weighted by Crippen LogP contribution is 2.22. The van der Waals surface area contributed by atoms with Gasteiger partial charge in [-0.05, 0) is 32.3 Å². The Labute approximate surface area is 91.5 Å². The highest BCUT2D eigenvalue weighted by molar-refractivity contribution is 5.55. The third kappa shape index (κ3) is 2.41. The standard InChI is InChI=1S/C12H19N3/c1-10-8-11(9-12(13-2)14-10)15-6-4-3-5-7-15/h8-9H,3-7H2,1-2H3,(H,13,14). The minimum atomic E-state index is 0.968. The number of nitrogens with zero attached hydrogens (tertiary/aromatic N) is 2. The van der Waals surface area contributed by atoms with Crippen molar-refractivity contribution in [3.63, 3.8) is 0 Å². The minimum Gasteiger partial charge on any atom is -0.373 e. The summed E-state index contributed by atoms with van der Waals surface area (Å²) in [5.41, 5.74) is 2.40. The summed E-state index contributed by atoms with van der Waals surface area (Å²) >= 11 is 0. The normalized spacial score (nSPS) is 16.5. The first-order valence-electron chi connectivity index (χ1n) is 5.71. The van der Waals surface area contributed by atoms with E-state index in [1.54, 1.807) is 0 Å². The maximum Gasteiger partial charge on any atom is 0.128 e. The molecule has 0 spiro atoms. The highest BCUT2D eigenvalue weighted by atomic mass is 15.1. The van der Waals surface area contributed by atoms with Crippen molar-refractivity contribution in [1.82, 2.24) is 4.98 Å². The van der Waals surface area contributed by atoms with Gasteiger partial charge in [0.2, 0.25) is 0 Å². The van der Waals surface area contributed by atoms with Crippen LogP contribution in [0.1, 0.15) is 25.0 Å². The van der Waals surface area contributed by atoms with E-state index in [4.69, 9.17) is 0 Å². The van der Waals surface area contributed by atoms with Gasteiger partial charge in [-0.3, -0.25) is 0 Å². The van der Waals surface area contributed by atoms with Crippen molar-refractivity contribution in [2.24, 2.45) is 0 Å². The number of nitrogens with one attached hydrogen (secondary N) is 1. The van der Waals surface area contributed by atoms with Gasteiger partial charge in [0.15, 0.2) is 0 Å². The Balaban J connectivity index is 2.22. The summed E-state index contributed by atoms with van der Waals surface area (Å²) in [7, 11) is 1.92. The van der Waals surface area contributed by atoms with Crippen LogP contribution in [0, 0.1) is 6.92 Å². The fourth-order valence-corrected chi connectivity index (χ4v) is 2.11. The van der Waals surface area contributed by atoms with Crippen LogP contribution in [0.5, 0.6) is 0 Å². The number of rotatable bonds is 2. The molecule has 15 heavy (non-hydrogen) atoms. The van der Waals surface area contributed by atoms with E-state index in [1.165, 1.54) is 38.0 Å². The Morgan fingerprint density at radius 3 is 2.60 bits per heavy atom. The Hall–Kier alpha value is -1.25. The highest BCUT2D eigenvalue weighted by Gasteiger charge is 2.11. The largest absolute Gasteiger partial charge is 0.373 e. The quantitative estimate of drug-likeness (QED) is 0.803. The Bertz CT molecular complexity index is 330. The SMILES string of the molecule is CNc1cc(N2CCCCC2)cc(C)n1. The summed E-state index contributed by atoms with van der Waals surface area (Å²) in [6.07, 6.45) is 4.01. The van der Waals surface area contributed by atoms with E-state index in [9.17, 15) is 0 Å². The smallest absolute Gasteiger partial charge is 0.128 e. The number of aryl methyl sites for hydroxylation is 1. The van der Waals surface area contributed by atoms with Crippen LogP contribution in [0.3, 0.4) is 0 Å². The van der Waals surface area contributed by atoms with Crippen molar-refractivity contribution in [3.8, 4) is 0 Å². The molecule has 2 heterocycles. The summed E-state index contributed by atoms with van der Waals surface area (Å²) in [6, 6.07) is 4.31. The third-order valence-electron chi connectivity index (χ3n) is 2.92. The van der Waals surface area contributed by atoms with Crippen molar-refractivity contribution in [1.29, 1.82) is 0 Å². The van der Waals surface area contributed by atoms with E-state index >= 15 is 0 Å². The van der Waals surface area contributed by atoms with Crippen molar-refractivity contribution in [2.45, 2.75) is 26.2 Å². The maximum absolute atomic E-state index is 4.41. The zero-order valence-electron chi connectivity index (χ0n) is 9.58. The van der Waals surface area contributed by atoms with Crippen LogP contribution in [0.25, 0.3) is 0 Å². The molecule has 1 aliphatic rings. The average molecular weight is 205 g/mol. The number of aromatic nitrogens is 1. The van der Waals surface area contributed by atoms with Crippen LogP contribution in [0.4, 0.5) is 11.5 Å². The lowest BCUT2D eigenvalue weighted by Crippen LogP contribution is -2.29. The van der Waals surface area contributed by atoms with Crippen LogP contribution in [0.2, 0.25) is 0 Å². The molecular formula is C12H19N3. The van der Waals surface area contributed by atoms with Crippen molar-refractivity contribution in [2.75, 3.05) is 30.4 Å². The maximum atomic E-state index is 4.41. The molecule has 0 bridgehead atoms. The van der Waals surface area contributed by atoms with Crippen LogP contribution in [-0.2, 0) is 0 Å². The van der Waals surface area contributed by atoms with E-state index in [1.807, 2.05) is 14.0 Å². The van der Waals surface area contributed by atoms with E-state index in [2.05, 4.69) is 27.3 Å². The van der Waals surface area contributed by atoms with Gasteiger partial charge in [-0.15, -0.1) is 0 Å². The lowest BCUT2D eigenvalue weighted by molar-refractivity contribution is 0.577. The summed E-state index contributed by atoms with van der Waals surface area (Å²) in [5.74, 6) is 0.968. The number of hydrogen-bond acceptors (Lipinski definition) is 3. The molecule has 1 aromatic rings. The molecule has 0 aromatic carbocycles. The van der Waals surface area contributed by atoms with E-state index < -0.39 is 0 Å². The van der Waals surface area contributed by atoms with E-state index in [0.29, 0.717) is 0 Å². The molecule has 0 aliphatic carbocycles. The lowest BCUT2D eigenvalue weighted by atomic mass is 10.1. The summed E-state index contributed by atoms with van der Waals surface area (Å²) in [5, 5.41) is 3.11. The Morgan fingerprint density at radius 2 is 1.93 bits per heavy atom. The van der Waals surface area contributed by atoms with Gasteiger partial charge in [-0.2, -0.15) is 0 Å². The van der Waals surface area contributed by atoms with Crippen LogP contribution < -0.4 is 10.2 Å². The first-order valence-corrected chi connectivity index (χ1v) is 5.71. The van der Waals surface area contributed by atoms with Crippen molar-refractivity contribution < 1.29 is 0 Å². The van der Waals surface area contributed by atoms with E-state index in [-0.39, 0.29) is 0 Å². The molecule has 0 saturated carbocycles. The van der Waals surface area contributed by atoms with Gasteiger partial charge in [0.05, 0.1) is 0 Å². The van der Waals surface area contributed by atoms with Crippen molar-refractivity contribution in [3.05, 3.63) is 17.8 Å². The first kappa shape index (κ1) is 10.3. The minimum absolute atomic E-state index is 0.968. The molecule has 0 atom stereocenters. The topological polar surface area (TPSA) is 28.2 Å². The van der Waals surface area contributed by atoms with Gasteiger partial charge in [0, 0.05) is 37.6 Å². The summed E-state index contributed by atoms with van der Waals surface area (Å²) in [6.45, 7) is 4.42. The molecule has 2 rings (SSSR count). The zero-order chi connectivity index (χ0) is 10.7. The molecule has 3 heteroatoms. The summed E-state index contributed by atoms with van der Waals surface area (Å²) < 4.78 is 0. The third-order valence-corrected chi connectivity index (χ3v) is 2.92. The predicted molar refractivity (Wildman–Crippen MR) is 64.6 cm³/mol. The number of pyridine rings is 1. The lowest BCUT2D eigenvalue weighted by Gasteiger charge is -2.29. The molecule has 1 saturated heterocycles. The van der Waals surface area contributed by atoms with Crippen molar-refractivity contribution >= 4 is 11.5 Å². The number of piperidine rings is 1. The Morgan fingerprint density at radius 1 is 1.20 bits per heavy atom. The van der Waals surface area contributed by atoms with Gasteiger partial charge < -0.3 is 10.2 Å². The first-order chi connectivity index (χ1) is 7.29. The summed E-state index contributed by atoms with van der Waals surface area (Å²) in [4.78, 5) is 6.87. The van der Waals surface area contributed by atoms with E-state index in [0.717, 1.165) is 11.5 Å². The molecule has 0 unspecified atom stereocenters. The molecular weight excluding hydrogens is 186 g/mol. The second kappa shape index (κ2) is 4.51. The molecule has 3 nitrogen and oxygen atoms in total. The zero-order valence-corrected chi connectivity index (χ0v) is 9.58. The second-order valence-electron chi connectivity index (χ2n) is 4.15.